The minimum absolute atomic E-state index is 0.103. The maximum Gasteiger partial charge on any atom is 0.149 e. The van der Waals surface area contributed by atoms with E-state index in [0.29, 0.717) is 11.4 Å². The zero-order valence-corrected chi connectivity index (χ0v) is 32.9. The Morgan fingerprint density at radius 2 is 1.30 bits per heavy atom. The summed E-state index contributed by atoms with van der Waals surface area (Å²) in [5, 5.41) is 13.4. The predicted octanol–water partition coefficient (Wildman–Crippen LogP) is 11.0. The first-order valence-electron chi connectivity index (χ1n) is 17.7. The molecule has 0 unspecified atom stereocenters. The summed E-state index contributed by atoms with van der Waals surface area (Å²) in [5.41, 5.74) is 9.91. The van der Waals surface area contributed by atoms with Crippen molar-refractivity contribution >= 4 is 24.3 Å². The number of rotatable bonds is 5. The molecule has 0 aliphatic rings. The van der Waals surface area contributed by atoms with Crippen LogP contribution in [0.4, 0.5) is 0 Å². The van der Waals surface area contributed by atoms with Gasteiger partial charge in [0.05, 0.1) is 30.5 Å². The van der Waals surface area contributed by atoms with Crippen molar-refractivity contribution in [1.82, 2.24) is 19.5 Å². The van der Waals surface area contributed by atoms with Crippen LogP contribution in [0.5, 0.6) is 5.75 Å². The third-order valence-corrected chi connectivity index (χ3v) is 11.6. The number of phenols is 1. The van der Waals surface area contributed by atoms with Gasteiger partial charge in [0.25, 0.3) is 0 Å². The van der Waals surface area contributed by atoms with E-state index in [0.717, 1.165) is 50.4 Å². The second-order valence-corrected chi connectivity index (χ2v) is 22.9. The number of hydrogen-bond acceptors (Lipinski definition) is 4. The summed E-state index contributed by atoms with van der Waals surface area (Å²) >= 11 is 0. The summed E-state index contributed by atoms with van der Waals surface area (Å²) in [7, 11) is -1.48. The smallest absolute Gasteiger partial charge is 0.149 e. The van der Waals surface area contributed by atoms with E-state index in [1.54, 1.807) is 0 Å². The Bertz CT molecular complexity index is 2190. The number of phenolic OH excluding ortho intramolecular Hbond substituents is 1. The Hall–Kier alpha value is -4.55. The van der Waals surface area contributed by atoms with E-state index < -0.39 is 8.07 Å². The maximum absolute atomic E-state index is 12.0. The molecule has 0 saturated heterocycles. The van der Waals surface area contributed by atoms with Crippen LogP contribution in [-0.4, -0.2) is 32.7 Å². The van der Waals surface area contributed by atoms with Crippen molar-refractivity contribution in [2.45, 2.75) is 98.2 Å². The number of aromatic hydroxyl groups is 1. The molecule has 3 heterocycles. The van der Waals surface area contributed by atoms with Gasteiger partial charge in [0.1, 0.15) is 17.1 Å². The van der Waals surface area contributed by atoms with Gasteiger partial charge < -0.3 is 5.11 Å². The van der Waals surface area contributed by atoms with Crippen LogP contribution in [0, 0.1) is 0 Å². The molecule has 50 heavy (non-hydrogen) atoms. The molecule has 0 amide bonds. The molecule has 0 spiro atoms. The van der Waals surface area contributed by atoms with Crippen molar-refractivity contribution in [1.29, 1.82) is 0 Å². The fourth-order valence-electron chi connectivity index (χ4n) is 6.40. The van der Waals surface area contributed by atoms with Crippen molar-refractivity contribution in [3.63, 3.8) is 0 Å². The van der Waals surface area contributed by atoms with Crippen LogP contribution in [0.2, 0.25) is 19.6 Å². The topological polar surface area (TPSA) is 63.8 Å². The Morgan fingerprint density at radius 1 is 0.660 bits per heavy atom. The number of fused-ring (bicyclic) bond motifs is 1. The molecule has 3 aromatic carbocycles. The molecular formula is C44H52N4OSi. The van der Waals surface area contributed by atoms with Gasteiger partial charge in [-0.05, 0) is 81.1 Å². The van der Waals surface area contributed by atoms with Gasteiger partial charge in [-0.1, -0.05) is 112 Å². The highest BCUT2D eigenvalue weighted by atomic mass is 28.3. The largest absolute Gasteiger partial charge is 0.507 e. The summed E-state index contributed by atoms with van der Waals surface area (Å²) in [6, 6.07) is 27.7. The molecular weight excluding hydrogens is 629 g/mol. The number of benzene rings is 3. The molecule has 0 radical (unpaired) electrons. The molecule has 1 N–H and O–H groups in total. The normalized spacial score (nSPS) is 12.9. The van der Waals surface area contributed by atoms with Crippen molar-refractivity contribution in [2.75, 3.05) is 0 Å². The lowest BCUT2D eigenvalue weighted by molar-refractivity contribution is 0.446. The van der Waals surface area contributed by atoms with Crippen LogP contribution in [0.15, 0.2) is 91.3 Å². The van der Waals surface area contributed by atoms with Crippen LogP contribution >= 0.6 is 0 Å². The van der Waals surface area contributed by atoms with Crippen LogP contribution in [0.3, 0.4) is 0 Å². The Kier molecular flexibility index (Phi) is 8.71. The first kappa shape index (κ1) is 35.3. The Labute approximate surface area is 299 Å². The SMILES string of the molecule is CC(C)(C)c1cc(-c2ccc([Si](C)(C)C)cn2)cc(-c2nccc3c2nc(-c2cc(C(C)(C)C)cc(C(C)(C)C)c2O)n3-c2ccccc2)c1. The third-order valence-electron chi connectivity index (χ3n) is 9.61. The molecule has 0 bridgehead atoms. The fraction of sp³-hybridized carbons (Fsp3) is 0.341. The third kappa shape index (κ3) is 6.78. The lowest BCUT2D eigenvalue weighted by Gasteiger charge is -2.27. The van der Waals surface area contributed by atoms with Crippen molar-refractivity contribution in [3.8, 4) is 45.3 Å². The van der Waals surface area contributed by atoms with Crippen LogP contribution in [-0.2, 0) is 16.2 Å². The minimum atomic E-state index is -1.48. The fourth-order valence-corrected chi connectivity index (χ4v) is 7.43. The van der Waals surface area contributed by atoms with E-state index in [1.807, 2.05) is 30.5 Å². The van der Waals surface area contributed by atoms with E-state index in [1.165, 1.54) is 10.8 Å². The first-order chi connectivity index (χ1) is 23.2. The van der Waals surface area contributed by atoms with Gasteiger partial charge in [-0.25, -0.2) is 4.98 Å². The van der Waals surface area contributed by atoms with Crippen LogP contribution in [0.25, 0.3) is 50.6 Å². The van der Waals surface area contributed by atoms with Gasteiger partial charge in [0.2, 0.25) is 0 Å². The van der Waals surface area contributed by atoms with Crippen molar-refractivity contribution < 1.29 is 5.11 Å². The second kappa shape index (κ2) is 12.3. The average Bonchev–Trinajstić information content (AvgIpc) is 3.43. The molecule has 6 aromatic rings. The molecule has 258 valence electrons. The molecule has 6 rings (SSSR count). The van der Waals surface area contributed by atoms with E-state index in [9.17, 15) is 5.11 Å². The lowest BCUT2D eigenvalue weighted by Crippen LogP contribution is -2.37. The highest BCUT2D eigenvalue weighted by molar-refractivity contribution is 6.88. The first-order valence-corrected chi connectivity index (χ1v) is 21.2. The van der Waals surface area contributed by atoms with Crippen molar-refractivity contribution in [3.05, 3.63) is 108 Å². The number of hydrogen-bond donors (Lipinski definition) is 1. The van der Waals surface area contributed by atoms with Gasteiger partial charge in [0, 0.05) is 34.8 Å². The van der Waals surface area contributed by atoms with Gasteiger partial charge in [-0.3, -0.25) is 14.5 Å². The minimum Gasteiger partial charge on any atom is -0.507 e. The summed E-state index contributed by atoms with van der Waals surface area (Å²) in [6.45, 7) is 26.8. The van der Waals surface area contributed by atoms with Crippen LogP contribution < -0.4 is 5.19 Å². The highest BCUT2D eigenvalue weighted by Gasteiger charge is 2.29. The van der Waals surface area contributed by atoms with Gasteiger partial charge in [0.15, 0.2) is 0 Å². The number of imidazole rings is 1. The monoisotopic (exact) mass is 680 g/mol. The number of nitrogens with zero attached hydrogens (tertiary/aromatic N) is 4. The lowest BCUT2D eigenvalue weighted by atomic mass is 9.79. The maximum atomic E-state index is 12.0. The summed E-state index contributed by atoms with van der Waals surface area (Å²) in [4.78, 5) is 15.4. The van der Waals surface area contributed by atoms with Gasteiger partial charge in [-0.2, -0.15) is 0 Å². The Morgan fingerprint density at radius 3 is 1.88 bits per heavy atom. The molecule has 5 nitrogen and oxygen atoms in total. The van der Waals surface area contributed by atoms with E-state index in [2.05, 4.69) is 147 Å². The van der Waals surface area contributed by atoms with Crippen LogP contribution in [0.1, 0.15) is 79.0 Å². The number of aromatic nitrogens is 4. The molecule has 0 aliphatic heterocycles. The molecule has 0 atom stereocenters. The van der Waals surface area contributed by atoms with Gasteiger partial charge in [-0.15, -0.1) is 0 Å². The quantitative estimate of drug-likeness (QED) is 0.184. The molecule has 0 fully saturated rings. The zero-order chi connectivity index (χ0) is 36.4. The molecule has 0 aliphatic carbocycles. The summed E-state index contributed by atoms with van der Waals surface area (Å²) in [6.07, 6.45) is 3.93. The predicted molar refractivity (Wildman–Crippen MR) is 214 cm³/mol. The molecule has 3 aromatic heterocycles. The Balaban J connectivity index is 1.66. The van der Waals surface area contributed by atoms with E-state index >= 15 is 0 Å². The second-order valence-electron chi connectivity index (χ2n) is 17.8. The number of pyridine rings is 2. The van der Waals surface area contributed by atoms with Gasteiger partial charge >= 0.3 is 0 Å². The molecule has 0 saturated carbocycles. The van der Waals surface area contributed by atoms with E-state index in [-0.39, 0.29) is 22.0 Å². The summed E-state index contributed by atoms with van der Waals surface area (Å²) < 4.78 is 2.17. The zero-order valence-electron chi connectivity index (χ0n) is 31.9. The number of para-hydroxylation sites is 1. The standard InChI is InChI=1S/C44H52N4OSi/c1-42(2,3)30-23-28(36-19-18-33(27-46-36)50(10,11)12)22-29(24-30)38-39-37(20-21-45-38)48(32-16-14-13-15-17-32)41(47-39)34-25-31(43(4,5)6)26-35(40(34)49)44(7,8)9/h13-27,49H,1-12H3. The van der Waals surface area contributed by atoms with E-state index in [4.69, 9.17) is 15.0 Å². The molecule has 6 heteroatoms. The highest BCUT2D eigenvalue weighted by Crippen LogP contribution is 2.44. The van der Waals surface area contributed by atoms with Crippen molar-refractivity contribution in [2.24, 2.45) is 0 Å². The summed E-state index contributed by atoms with van der Waals surface area (Å²) in [5.74, 6) is 0.947. The average molecular weight is 681 g/mol.